The summed E-state index contributed by atoms with van der Waals surface area (Å²) in [6, 6.07) is 3.97. The van der Waals surface area contributed by atoms with Crippen LogP contribution in [0.3, 0.4) is 0 Å². The molecule has 0 spiro atoms. The van der Waals surface area contributed by atoms with Crippen LogP contribution in [0, 0.1) is 6.92 Å². The van der Waals surface area contributed by atoms with Crippen LogP contribution in [0.2, 0.25) is 0 Å². The average molecular weight is 341 g/mol. The molecule has 1 N–H and O–H groups in total. The van der Waals surface area contributed by atoms with E-state index in [9.17, 15) is 5.11 Å². The van der Waals surface area contributed by atoms with Gasteiger partial charge in [-0.15, -0.1) is 0 Å². The van der Waals surface area contributed by atoms with Gasteiger partial charge in [-0.1, -0.05) is 15.9 Å². The first kappa shape index (κ1) is 15.8. The molecule has 0 unspecified atom stereocenters. The predicted molar refractivity (Wildman–Crippen MR) is 87.1 cm³/mol. The number of rotatable bonds is 5. The van der Waals surface area contributed by atoms with Gasteiger partial charge in [0.15, 0.2) is 0 Å². The Balaban J connectivity index is 2.07. The third-order valence-electron chi connectivity index (χ3n) is 4.58. The van der Waals surface area contributed by atoms with Crippen LogP contribution < -0.4 is 0 Å². The van der Waals surface area contributed by atoms with E-state index >= 15 is 0 Å². The fourth-order valence-corrected chi connectivity index (χ4v) is 3.73. The SMILES string of the molecule is Cc1cc(Br)cc(CN(C)CC2(N(C)C)CCC2)c1O. The van der Waals surface area contributed by atoms with Gasteiger partial charge in [0.05, 0.1) is 0 Å². The van der Waals surface area contributed by atoms with Crippen molar-refractivity contribution >= 4 is 15.9 Å². The molecule has 0 heterocycles. The molecule has 0 atom stereocenters. The van der Waals surface area contributed by atoms with Gasteiger partial charge < -0.3 is 14.9 Å². The quantitative estimate of drug-likeness (QED) is 0.889. The summed E-state index contributed by atoms with van der Waals surface area (Å²) in [5.74, 6) is 0.424. The molecule has 3 nitrogen and oxygen atoms in total. The van der Waals surface area contributed by atoms with Crippen LogP contribution in [0.25, 0.3) is 0 Å². The molecule has 1 saturated carbocycles. The number of aromatic hydroxyl groups is 1. The number of hydrogen-bond acceptors (Lipinski definition) is 3. The minimum absolute atomic E-state index is 0.325. The van der Waals surface area contributed by atoms with Crippen LogP contribution in [-0.2, 0) is 6.54 Å². The molecule has 0 saturated heterocycles. The molecule has 1 aromatic carbocycles. The highest BCUT2D eigenvalue weighted by Gasteiger charge is 2.39. The summed E-state index contributed by atoms with van der Waals surface area (Å²) >= 11 is 3.51. The summed E-state index contributed by atoms with van der Waals surface area (Å²) in [6.45, 7) is 3.77. The van der Waals surface area contributed by atoms with Crippen molar-refractivity contribution in [2.24, 2.45) is 0 Å². The molecular weight excluding hydrogens is 316 g/mol. The molecule has 112 valence electrons. The molecule has 0 bridgehead atoms. The molecule has 1 aliphatic carbocycles. The maximum Gasteiger partial charge on any atom is 0.123 e. The first-order valence-corrected chi connectivity index (χ1v) is 7.97. The summed E-state index contributed by atoms with van der Waals surface area (Å²) in [7, 11) is 6.49. The van der Waals surface area contributed by atoms with E-state index in [1.807, 2.05) is 19.1 Å². The Hall–Kier alpha value is -0.580. The van der Waals surface area contributed by atoms with Gasteiger partial charge in [0.2, 0.25) is 0 Å². The van der Waals surface area contributed by atoms with Gasteiger partial charge in [0, 0.05) is 28.7 Å². The van der Waals surface area contributed by atoms with Crippen molar-refractivity contribution in [3.8, 4) is 5.75 Å². The highest BCUT2D eigenvalue weighted by atomic mass is 79.9. The van der Waals surface area contributed by atoms with E-state index in [4.69, 9.17) is 0 Å². The Morgan fingerprint density at radius 2 is 1.90 bits per heavy atom. The van der Waals surface area contributed by atoms with Gasteiger partial charge in [-0.25, -0.2) is 0 Å². The fraction of sp³-hybridized carbons (Fsp3) is 0.625. The number of hydrogen-bond donors (Lipinski definition) is 1. The van der Waals surface area contributed by atoms with Crippen LogP contribution in [0.1, 0.15) is 30.4 Å². The second-order valence-electron chi connectivity index (χ2n) is 6.38. The van der Waals surface area contributed by atoms with Crippen LogP contribution in [0.5, 0.6) is 5.75 Å². The van der Waals surface area contributed by atoms with Crippen molar-refractivity contribution in [3.63, 3.8) is 0 Å². The standard InChI is InChI=1S/C16H25BrN2O/c1-12-8-14(17)9-13(15(12)20)10-19(4)11-16(18(2)3)6-5-7-16/h8-9,20H,5-7,10-11H2,1-4H3. The molecule has 1 aliphatic rings. The van der Waals surface area contributed by atoms with Gasteiger partial charge in [-0.2, -0.15) is 0 Å². The molecule has 2 rings (SSSR count). The second kappa shape index (κ2) is 6.04. The Morgan fingerprint density at radius 3 is 2.40 bits per heavy atom. The number of benzene rings is 1. The van der Waals surface area contributed by atoms with Gasteiger partial charge >= 0.3 is 0 Å². The molecule has 1 aromatic rings. The van der Waals surface area contributed by atoms with E-state index in [1.54, 1.807) is 0 Å². The second-order valence-corrected chi connectivity index (χ2v) is 7.29. The van der Waals surface area contributed by atoms with Crippen LogP contribution in [0.15, 0.2) is 16.6 Å². The lowest BCUT2D eigenvalue weighted by Crippen LogP contribution is -2.56. The van der Waals surface area contributed by atoms with E-state index < -0.39 is 0 Å². The normalized spacial score (nSPS) is 17.6. The summed E-state index contributed by atoms with van der Waals surface area (Å²) in [5, 5.41) is 10.2. The van der Waals surface area contributed by atoms with E-state index in [2.05, 4.69) is 46.9 Å². The van der Waals surface area contributed by atoms with E-state index in [-0.39, 0.29) is 0 Å². The Labute approximate surface area is 130 Å². The van der Waals surface area contributed by atoms with E-state index in [0.717, 1.165) is 28.7 Å². The van der Waals surface area contributed by atoms with Crippen molar-refractivity contribution < 1.29 is 5.11 Å². The predicted octanol–water partition coefficient (Wildman–Crippen LogP) is 3.38. The zero-order chi connectivity index (χ0) is 14.9. The van der Waals surface area contributed by atoms with Crippen molar-refractivity contribution in [2.75, 3.05) is 27.7 Å². The van der Waals surface area contributed by atoms with Crippen molar-refractivity contribution in [3.05, 3.63) is 27.7 Å². The molecule has 1 fully saturated rings. The van der Waals surface area contributed by atoms with E-state index in [1.165, 1.54) is 19.3 Å². The van der Waals surface area contributed by atoms with Crippen LogP contribution in [0.4, 0.5) is 0 Å². The molecule has 0 radical (unpaired) electrons. The summed E-state index contributed by atoms with van der Waals surface area (Å²) in [4.78, 5) is 4.68. The van der Waals surface area contributed by atoms with E-state index in [0.29, 0.717) is 11.3 Å². The summed E-state index contributed by atoms with van der Waals surface area (Å²) in [6.07, 6.45) is 3.87. The van der Waals surface area contributed by atoms with Gasteiger partial charge in [-0.05, 0) is 65.0 Å². The van der Waals surface area contributed by atoms with Gasteiger partial charge in [0.25, 0.3) is 0 Å². The Kier molecular flexibility index (Phi) is 4.77. The van der Waals surface area contributed by atoms with Crippen molar-refractivity contribution in [2.45, 2.75) is 38.3 Å². The smallest absolute Gasteiger partial charge is 0.123 e. The van der Waals surface area contributed by atoms with Gasteiger partial charge in [0.1, 0.15) is 5.75 Å². The monoisotopic (exact) mass is 340 g/mol. The Morgan fingerprint density at radius 1 is 1.25 bits per heavy atom. The average Bonchev–Trinajstić information content (AvgIpc) is 2.29. The first-order valence-electron chi connectivity index (χ1n) is 7.18. The number of likely N-dealkylation sites (N-methyl/N-ethyl adjacent to an activating group) is 2. The van der Waals surface area contributed by atoms with Crippen molar-refractivity contribution in [1.82, 2.24) is 9.80 Å². The third-order valence-corrected chi connectivity index (χ3v) is 5.04. The third kappa shape index (κ3) is 3.18. The first-order chi connectivity index (χ1) is 9.34. The number of nitrogens with zero attached hydrogens (tertiary/aromatic N) is 2. The number of halogens is 1. The number of phenolic OH excluding ortho intramolecular Hbond substituents is 1. The number of aryl methyl sites for hydroxylation is 1. The summed E-state index contributed by atoms with van der Waals surface area (Å²) < 4.78 is 1.03. The largest absolute Gasteiger partial charge is 0.507 e. The highest BCUT2D eigenvalue weighted by Crippen LogP contribution is 2.37. The minimum Gasteiger partial charge on any atom is -0.507 e. The fourth-order valence-electron chi connectivity index (χ4n) is 3.11. The molecule has 0 aromatic heterocycles. The lowest BCUT2D eigenvalue weighted by molar-refractivity contribution is 0.0257. The minimum atomic E-state index is 0.325. The van der Waals surface area contributed by atoms with Gasteiger partial charge in [-0.3, -0.25) is 0 Å². The molecule has 20 heavy (non-hydrogen) atoms. The van der Waals surface area contributed by atoms with Crippen LogP contribution in [-0.4, -0.2) is 48.1 Å². The number of phenols is 1. The van der Waals surface area contributed by atoms with Crippen LogP contribution >= 0.6 is 15.9 Å². The molecule has 0 amide bonds. The maximum absolute atomic E-state index is 10.2. The summed E-state index contributed by atoms with van der Waals surface area (Å²) in [5.41, 5.74) is 2.24. The molecule has 0 aliphatic heterocycles. The lowest BCUT2D eigenvalue weighted by atomic mass is 9.75. The molecule has 4 heteroatoms. The molecular formula is C16H25BrN2O. The lowest BCUT2D eigenvalue weighted by Gasteiger charge is -2.49. The zero-order valence-corrected chi connectivity index (χ0v) is 14.5. The maximum atomic E-state index is 10.2. The Bertz CT molecular complexity index is 484. The topological polar surface area (TPSA) is 26.7 Å². The van der Waals surface area contributed by atoms with Crippen molar-refractivity contribution in [1.29, 1.82) is 0 Å². The highest BCUT2D eigenvalue weighted by molar-refractivity contribution is 9.10. The zero-order valence-electron chi connectivity index (χ0n) is 12.9.